The number of nitrogens with one attached hydrogen (secondary N) is 1. The minimum Gasteiger partial charge on any atom is -0.316 e. The number of hydrogen-bond acceptors (Lipinski definition) is 6. The molecule has 0 bridgehead atoms. The molecule has 1 N–H and O–H groups in total. The van der Waals surface area contributed by atoms with E-state index in [2.05, 4.69) is 27.4 Å². The van der Waals surface area contributed by atoms with Crippen molar-refractivity contribution in [3.05, 3.63) is 16.2 Å². The fourth-order valence-corrected chi connectivity index (χ4v) is 3.23. The van der Waals surface area contributed by atoms with Gasteiger partial charge in [0.15, 0.2) is 5.01 Å². The predicted molar refractivity (Wildman–Crippen MR) is 72.6 cm³/mol. The van der Waals surface area contributed by atoms with E-state index >= 15 is 0 Å². The van der Waals surface area contributed by atoms with E-state index in [9.17, 15) is 0 Å². The van der Waals surface area contributed by atoms with Crippen molar-refractivity contribution in [2.45, 2.75) is 26.7 Å². The maximum atomic E-state index is 4.23. The molecule has 0 fully saturated rings. The van der Waals surface area contributed by atoms with Crippen LogP contribution in [-0.2, 0) is 6.42 Å². The van der Waals surface area contributed by atoms with Gasteiger partial charge in [-0.2, -0.15) is 0 Å². The van der Waals surface area contributed by atoms with Crippen LogP contribution in [0.15, 0.2) is 5.51 Å². The van der Waals surface area contributed by atoms with E-state index in [1.165, 1.54) is 6.42 Å². The molecular weight excluding hydrogens is 252 g/mol. The van der Waals surface area contributed by atoms with Crippen molar-refractivity contribution in [1.82, 2.24) is 20.5 Å². The first-order valence-corrected chi connectivity index (χ1v) is 7.44. The van der Waals surface area contributed by atoms with Gasteiger partial charge in [-0.15, -0.1) is 21.5 Å². The number of hydrogen-bond donors (Lipinski definition) is 1. The van der Waals surface area contributed by atoms with Gasteiger partial charge in [0.2, 0.25) is 0 Å². The lowest BCUT2D eigenvalue weighted by Gasteiger charge is -1.98. The molecule has 0 saturated carbocycles. The van der Waals surface area contributed by atoms with Gasteiger partial charge in [-0.05, 0) is 19.9 Å². The van der Waals surface area contributed by atoms with Crippen molar-refractivity contribution in [3.8, 4) is 9.88 Å². The zero-order chi connectivity index (χ0) is 12.1. The highest BCUT2D eigenvalue weighted by molar-refractivity contribution is 7.20. The molecule has 17 heavy (non-hydrogen) atoms. The Morgan fingerprint density at radius 1 is 1.29 bits per heavy atom. The normalized spacial score (nSPS) is 10.9. The smallest absolute Gasteiger partial charge is 0.159 e. The summed E-state index contributed by atoms with van der Waals surface area (Å²) in [5.41, 5.74) is 2.90. The highest BCUT2D eigenvalue weighted by Gasteiger charge is 2.10. The molecule has 0 aliphatic heterocycles. The van der Waals surface area contributed by atoms with Gasteiger partial charge in [-0.3, -0.25) is 0 Å². The maximum absolute atomic E-state index is 4.23. The second-order valence-corrected chi connectivity index (χ2v) is 5.68. The number of aryl methyl sites for hydroxylation is 1. The van der Waals surface area contributed by atoms with E-state index in [1.54, 1.807) is 22.7 Å². The average Bonchev–Trinajstić information content (AvgIpc) is 2.93. The topological polar surface area (TPSA) is 50.7 Å². The first kappa shape index (κ1) is 12.6. The minimum absolute atomic E-state index is 0.954. The van der Waals surface area contributed by atoms with Crippen LogP contribution in [0.4, 0.5) is 0 Å². The van der Waals surface area contributed by atoms with Crippen molar-refractivity contribution >= 4 is 22.7 Å². The summed E-state index contributed by atoms with van der Waals surface area (Å²) < 4.78 is 0. The van der Waals surface area contributed by atoms with Crippen LogP contribution in [0.25, 0.3) is 9.88 Å². The number of nitrogens with zero attached hydrogens (tertiary/aromatic N) is 3. The lowest BCUT2D eigenvalue weighted by molar-refractivity contribution is 0.668. The average molecular weight is 268 g/mol. The lowest BCUT2D eigenvalue weighted by atomic mass is 10.4. The molecule has 0 aromatic carbocycles. The van der Waals surface area contributed by atoms with Crippen LogP contribution in [0.3, 0.4) is 0 Å². The molecule has 2 heterocycles. The van der Waals surface area contributed by atoms with Crippen molar-refractivity contribution in [3.63, 3.8) is 0 Å². The summed E-state index contributed by atoms with van der Waals surface area (Å²) in [7, 11) is 0. The van der Waals surface area contributed by atoms with Crippen LogP contribution < -0.4 is 5.32 Å². The SMILES string of the molecule is CCCNCCc1nnc(-c2scnc2C)s1. The summed E-state index contributed by atoms with van der Waals surface area (Å²) in [6, 6.07) is 0. The predicted octanol–water partition coefficient (Wildman–Crippen LogP) is 2.51. The Labute approximate surface area is 109 Å². The third-order valence-corrected chi connectivity index (χ3v) is 4.41. The molecule has 2 aromatic rings. The molecule has 2 aromatic heterocycles. The molecule has 0 atom stereocenters. The molecule has 0 radical (unpaired) electrons. The Morgan fingerprint density at radius 2 is 2.18 bits per heavy atom. The quantitative estimate of drug-likeness (QED) is 0.818. The summed E-state index contributed by atoms with van der Waals surface area (Å²) >= 11 is 3.30. The Bertz CT molecular complexity index is 463. The fraction of sp³-hybridized carbons (Fsp3) is 0.545. The molecule has 0 aliphatic carbocycles. The molecular formula is C11H16N4S2. The standard InChI is InChI=1S/C11H16N4S2/c1-3-5-12-6-4-9-14-15-11(17-9)10-8(2)13-7-16-10/h7,12H,3-6H2,1-2H3. The molecule has 2 rings (SSSR count). The first-order valence-electron chi connectivity index (χ1n) is 5.74. The van der Waals surface area contributed by atoms with Gasteiger partial charge in [0, 0.05) is 13.0 Å². The van der Waals surface area contributed by atoms with E-state index in [-0.39, 0.29) is 0 Å². The number of aromatic nitrogens is 3. The van der Waals surface area contributed by atoms with Crippen molar-refractivity contribution in [2.24, 2.45) is 0 Å². The summed E-state index contributed by atoms with van der Waals surface area (Å²) in [6.45, 7) is 6.22. The summed E-state index contributed by atoms with van der Waals surface area (Å²) in [4.78, 5) is 5.38. The molecule has 0 aliphatic rings. The van der Waals surface area contributed by atoms with E-state index in [0.29, 0.717) is 0 Å². The van der Waals surface area contributed by atoms with E-state index in [1.807, 2.05) is 12.4 Å². The molecule has 6 heteroatoms. The lowest BCUT2D eigenvalue weighted by Crippen LogP contribution is -2.17. The van der Waals surface area contributed by atoms with Crippen molar-refractivity contribution in [2.75, 3.05) is 13.1 Å². The van der Waals surface area contributed by atoms with Crippen molar-refractivity contribution < 1.29 is 0 Å². The van der Waals surface area contributed by atoms with Crippen molar-refractivity contribution in [1.29, 1.82) is 0 Å². The summed E-state index contributed by atoms with van der Waals surface area (Å²) in [5.74, 6) is 0. The van der Waals surface area contributed by atoms with Gasteiger partial charge < -0.3 is 5.32 Å². The van der Waals surface area contributed by atoms with Crippen LogP contribution in [0, 0.1) is 6.92 Å². The summed E-state index contributed by atoms with van der Waals surface area (Å²) in [5, 5.41) is 13.9. The first-order chi connectivity index (χ1) is 8.31. The highest BCUT2D eigenvalue weighted by atomic mass is 32.1. The van der Waals surface area contributed by atoms with E-state index in [0.717, 1.165) is 40.1 Å². The van der Waals surface area contributed by atoms with Crippen LogP contribution >= 0.6 is 22.7 Å². The fourth-order valence-electron chi connectivity index (χ4n) is 1.45. The van der Waals surface area contributed by atoms with E-state index < -0.39 is 0 Å². The second-order valence-electron chi connectivity index (χ2n) is 3.77. The molecule has 0 spiro atoms. The zero-order valence-corrected chi connectivity index (χ0v) is 11.7. The van der Waals surface area contributed by atoms with Crippen LogP contribution in [0.1, 0.15) is 24.0 Å². The van der Waals surface area contributed by atoms with Crippen LogP contribution in [0.5, 0.6) is 0 Å². The van der Waals surface area contributed by atoms with Gasteiger partial charge in [0.25, 0.3) is 0 Å². The number of thiazole rings is 1. The highest BCUT2D eigenvalue weighted by Crippen LogP contribution is 2.29. The Hall–Kier alpha value is -0.850. The maximum Gasteiger partial charge on any atom is 0.159 e. The Kier molecular flexibility index (Phi) is 4.58. The minimum atomic E-state index is 0.954. The Morgan fingerprint density at radius 3 is 2.88 bits per heavy atom. The van der Waals surface area contributed by atoms with E-state index in [4.69, 9.17) is 0 Å². The van der Waals surface area contributed by atoms with Crippen LogP contribution in [0.2, 0.25) is 0 Å². The Balaban J connectivity index is 1.95. The number of rotatable bonds is 6. The molecule has 0 saturated heterocycles. The zero-order valence-electron chi connectivity index (χ0n) is 10.1. The molecule has 92 valence electrons. The second kappa shape index (κ2) is 6.18. The monoisotopic (exact) mass is 268 g/mol. The molecule has 0 unspecified atom stereocenters. The van der Waals surface area contributed by atoms with Gasteiger partial charge in [0.1, 0.15) is 5.01 Å². The molecule has 0 amide bonds. The largest absolute Gasteiger partial charge is 0.316 e. The third-order valence-electron chi connectivity index (χ3n) is 2.35. The van der Waals surface area contributed by atoms with Crippen LogP contribution in [-0.4, -0.2) is 28.3 Å². The summed E-state index contributed by atoms with van der Waals surface area (Å²) in [6.07, 6.45) is 2.12. The third kappa shape index (κ3) is 3.31. The van der Waals surface area contributed by atoms with Gasteiger partial charge >= 0.3 is 0 Å². The molecule has 4 nitrogen and oxygen atoms in total. The van der Waals surface area contributed by atoms with Gasteiger partial charge in [0.05, 0.1) is 16.1 Å². The van der Waals surface area contributed by atoms with Gasteiger partial charge in [-0.1, -0.05) is 18.3 Å². The van der Waals surface area contributed by atoms with Gasteiger partial charge in [-0.25, -0.2) is 4.98 Å².